The maximum Gasteiger partial charge on any atom is 2.00 e. The van der Waals surface area contributed by atoms with E-state index in [4.69, 9.17) is 17.5 Å². The van der Waals surface area contributed by atoms with Crippen LogP contribution >= 0.6 is 0 Å². The molecular weight excluding hydrogens is 260 g/mol. The van der Waals surface area contributed by atoms with Gasteiger partial charge >= 0.3 is 33.5 Å². The molecule has 0 radical (unpaired) electrons. The summed E-state index contributed by atoms with van der Waals surface area (Å²) in [5.74, 6) is 0. The van der Waals surface area contributed by atoms with Crippen molar-refractivity contribution in [2.75, 3.05) is 0 Å². The quantitative estimate of drug-likeness (QED) is 0.443. The second-order valence-corrected chi connectivity index (χ2v) is 1.34. The first-order valence-corrected chi connectivity index (χ1v) is 2.10. The Hall–Kier alpha value is 2.01. The molecule has 0 aromatic heterocycles. The molecule has 0 aromatic carbocycles. The van der Waals surface area contributed by atoms with E-state index in [0.29, 0.717) is 0 Å². The van der Waals surface area contributed by atoms with E-state index >= 15 is 0 Å². The molecule has 0 rings (SSSR count). The van der Waals surface area contributed by atoms with Gasteiger partial charge in [0, 0.05) is 41.7 Å². The molecule has 0 unspecified atom stereocenters. The minimum absolute atomic E-state index is 0. The second-order valence-electron chi connectivity index (χ2n) is 0.448. The Bertz CT molecular complexity index is 102. The zero-order valence-electron chi connectivity index (χ0n) is 5.33. The molecule has 0 bridgehead atoms. The SMILES string of the molecule is O=S(=O)(O)O.[Ce].[H-].[H-].[Mg+2]. The van der Waals surface area contributed by atoms with Gasteiger partial charge in [0.1, 0.15) is 0 Å². The fourth-order valence-electron chi connectivity index (χ4n) is 0. The third kappa shape index (κ3) is 71.5. The molecule has 0 fully saturated rings. The molecule has 0 saturated heterocycles. The molecule has 40 valence electrons. The van der Waals surface area contributed by atoms with Crippen LogP contribution in [0.5, 0.6) is 0 Å². The molecule has 7 heavy (non-hydrogen) atoms. The Labute approximate surface area is 94.1 Å². The van der Waals surface area contributed by atoms with Crippen molar-refractivity contribution in [3.63, 3.8) is 0 Å². The first-order chi connectivity index (χ1) is 2.00. The molecule has 0 heterocycles. The number of rotatable bonds is 0. The predicted molar refractivity (Wildman–Crippen MR) is 22.2 cm³/mol. The standard InChI is InChI=1S/Ce.Mg.H2O4S.2H/c;;1-5(2,3)4;;/h;;(H2,1,2,3,4);;/q;+2;;2*-1. The van der Waals surface area contributed by atoms with Gasteiger partial charge in [-0.25, -0.2) is 0 Å². The van der Waals surface area contributed by atoms with Crippen LogP contribution < -0.4 is 0 Å². The van der Waals surface area contributed by atoms with Crippen molar-refractivity contribution >= 4 is 33.5 Å². The van der Waals surface area contributed by atoms with Crippen molar-refractivity contribution in [2.45, 2.75) is 0 Å². The fourth-order valence-corrected chi connectivity index (χ4v) is 0. The normalized spacial score (nSPS) is 8.29. The Kier molecular flexibility index (Phi) is 14.0. The van der Waals surface area contributed by atoms with Gasteiger partial charge in [0.2, 0.25) is 0 Å². The van der Waals surface area contributed by atoms with Gasteiger partial charge in [0.15, 0.2) is 0 Å². The van der Waals surface area contributed by atoms with Gasteiger partial charge in [-0.15, -0.1) is 0 Å². The monoisotopic (exact) mass is 264 g/mol. The molecule has 0 aliphatic heterocycles. The molecule has 2 N–H and O–H groups in total. The summed E-state index contributed by atoms with van der Waals surface area (Å²) in [6.45, 7) is 0. The zero-order chi connectivity index (χ0) is 4.50. The molecule has 0 aromatic rings. The van der Waals surface area contributed by atoms with Crippen molar-refractivity contribution in [1.82, 2.24) is 0 Å². The van der Waals surface area contributed by atoms with E-state index in [1.54, 1.807) is 0 Å². The van der Waals surface area contributed by atoms with Gasteiger partial charge in [-0.1, -0.05) is 0 Å². The van der Waals surface area contributed by atoms with Crippen molar-refractivity contribution in [3.05, 3.63) is 0 Å². The summed E-state index contributed by atoms with van der Waals surface area (Å²) in [5, 5.41) is 0. The van der Waals surface area contributed by atoms with Crippen LogP contribution in [-0.2, 0) is 10.4 Å². The predicted octanol–water partition coefficient (Wildman–Crippen LogP) is -0.809. The van der Waals surface area contributed by atoms with Crippen LogP contribution in [0, 0.1) is 41.7 Å². The van der Waals surface area contributed by atoms with E-state index in [9.17, 15) is 0 Å². The van der Waals surface area contributed by atoms with Gasteiger partial charge < -0.3 is 2.85 Å². The molecular formula is H4CeMgO4S. The van der Waals surface area contributed by atoms with Gasteiger partial charge in [-0.05, 0) is 0 Å². The van der Waals surface area contributed by atoms with E-state index < -0.39 is 10.4 Å². The molecule has 4 nitrogen and oxygen atoms in total. The van der Waals surface area contributed by atoms with E-state index in [1.807, 2.05) is 0 Å². The van der Waals surface area contributed by atoms with Gasteiger partial charge in [-0.2, -0.15) is 8.42 Å². The topological polar surface area (TPSA) is 74.6 Å². The summed E-state index contributed by atoms with van der Waals surface area (Å²) in [6.07, 6.45) is 0. The zero-order valence-corrected chi connectivity index (χ0v) is 8.70. The third-order valence-corrected chi connectivity index (χ3v) is 0. The summed E-state index contributed by atoms with van der Waals surface area (Å²) in [7, 11) is -4.67. The molecule has 0 saturated carbocycles. The molecule has 0 spiro atoms. The summed E-state index contributed by atoms with van der Waals surface area (Å²) < 4.78 is 31.6. The van der Waals surface area contributed by atoms with E-state index in [-0.39, 0.29) is 67.7 Å². The minimum atomic E-state index is -4.67. The Morgan fingerprint density at radius 2 is 1.29 bits per heavy atom. The number of hydrogen-bond acceptors (Lipinski definition) is 2. The van der Waals surface area contributed by atoms with Crippen molar-refractivity contribution in [1.29, 1.82) is 0 Å². The smallest absolute Gasteiger partial charge is 1.00 e. The van der Waals surface area contributed by atoms with Crippen LogP contribution in [0.2, 0.25) is 0 Å². The van der Waals surface area contributed by atoms with E-state index in [1.165, 1.54) is 0 Å². The van der Waals surface area contributed by atoms with Crippen LogP contribution in [0.3, 0.4) is 0 Å². The Morgan fingerprint density at radius 1 is 1.29 bits per heavy atom. The van der Waals surface area contributed by atoms with Gasteiger partial charge in [0.05, 0.1) is 0 Å². The van der Waals surface area contributed by atoms with E-state index in [2.05, 4.69) is 0 Å². The molecule has 0 aliphatic rings. The molecule has 0 aliphatic carbocycles. The largest absolute Gasteiger partial charge is 2.00 e. The second kappa shape index (κ2) is 6.14. The van der Waals surface area contributed by atoms with Crippen molar-refractivity contribution < 1.29 is 62.1 Å². The van der Waals surface area contributed by atoms with Crippen LogP contribution in [0.1, 0.15) is 2.85 Å². The summed E-state index contributed by atoms with van der Waals surface area (Å²) in [6, 6.07) is 0. The van der Waals surface area contributed by atoms with Gasteiger partial charge in [0.25, 0.3) is 0 Å². The van der Waals surface area contributed by atoms with E-state index in [0.717, 1.165) is 0 Å². The average Bonchev–Trinajstić information content (AvgIpc) is 0.722. The van der Waals surface area contributed by atoms with Crippen LogP contribution in [0.4, 0.5) is 0 Å². The molecule has 0 amide bonds. The fraction of sp³-hybridized carbons (Fsp3) is 0. The minimum Gasteiger partial charge on any atom is -1.00 e. The first kappa shape index (κ1) is 16.0. The van der Waals surface area contributed by atoms with Gasteiger partial charge in [-0.3, -0.25) is 9.11 Å². The first-order valence-electron chi connectivity index (χ1n) is 0.698. The summed E-state index contributed by atoms with van der Waals surface area (Å²) in [5.41, 5.74) is 0. The molecule has 7 heteroatoms. The van der Waals surface area contributed by atoms with Crippen LogP contribution in [0.15, 0.2) is 0 Å². The van der Waals surface area contributed by atoms with Crippen molar-refractivity contribution in [2.24, 2.45) is 0 Å². The maximum absolute atomic E-state index is 8.74. The summed E-state index contributed by atoms with van der Waals surface area (Å²) >= 11 is 0. The maximum atomic E-state index is 8.74. The van der Waals surface area contributed by atoms with Crippen LogP contribution in [-0.4, -0.2) is 40.6 Å². The molecule has 0 atom stereocenters. The van der Waals surface area contributed by atoms with Crippen molar-refractivity contribution in [3.8, 4) is 0 Å². The van der Waals surface area contributed by atoms with Crippen LogP contribution in [0.25, 0.3) is 0 Å². The third-order valence-electron chi connectivity index (χ3n) is 0. The number of hydrogen-bond donors (Lipinski definition) is 2. The Balaban J connectivity index is -0.0000000133. The average molecular weight is 265 g/mol. The Morgan fingerprint density at radius 3 is 1.29 bits per heavy atom. The summed E-state index contributed by atoms with van der Waals surface area (Å²) in [4.78, 5) is 0.